The van der Waals surface area contributed by atoms with Crippen LogP contribution < -0.4 is 0 Å². The van der Waals surface area contributed by atoms with Gasteiger partial charge in [0.1, 0.15) is 10.9 Å². The number of aromatic nitrogens is 1. The van der Waals surface area contributed by atoms with Crippen LogP contribution in [0.5, 0.6) is 0 Å². The molecule has 1 aliphatic heterocycles. The first-order valence-electron chi connectivity index (χ1n) is 9.68. The van der Waals surface area contributed by atoms with Crippen molar-refractivity contribution in [1.29, 1.82) is 5.26 Å². The van der Waals surface area contributed by atoms with Crippen molar-refractivity contribution in [3.8, 4) is 17.3 Å². The van der Waals surface area contributed by atoms with E-state index in [0.717, 1.165) is 21.8 Å². The molecule has 4 rings (SSSR count). The predicted molar refractivity (Wildman–Crippen MR) is 115 cm³/mol. The molecule has 29 heavy (non-hydrogen) atoms. The highest BCUT2D eigenvalue weighted by Crippen LogP contribution is 2.30. The molecule has 1 unspecified atom stereocenters. The summed E-state index contributed by atoms with van der Waals surface area (Å²) in [6, 6.07) is 21.8. The average Bonchev–Trinajstić information content (AvgIpc) is 3.17. The highest BCUT2D eigenvalue weighted by atomic mass is 32.1. The summed E-state index contributed by atoms with van der Waals surface area (Å²) in [6.07, 6.45) is 0. The molecule has 2 heterocycles. The molecule has 146 valence electrons. The molecule has 0 aliphatic carbocycles. The number of carbonyl (C=O) groups is 1. The van der Waals surface area contributed by atoms with E-state index in [2.05, 4.69) is 16.0 Å². The number of aryl methyl sites for hydroxylation is 1. The zero-order valence-corrected chi connectivity index (χ0v) is 17.1. The molecule has 0 spiro atoms. The van der Waals surface area contributed by atoms with Crippen molar-refractivity contribution in [2.24, 2.45) is 0 Å². The SMILES string of the molecule is Cc1nc(-c2ccccc2)c(C(=O)N2CCN(C(C#N)c3ccccc3)CC2)s1. The highest BCUT2D eigenvalue weighted by molar-refractivity contribution is 7.14. The lowest BCUT2D eigenvalue weighted by Gasteiger charge is -2.37. The van der Waals surface area contributed by atoms with Crippen LogP contribution in [0.3, 0.4) is 0 Å². The van der Waals surface area contributed by atoms with Crippen LogP contribution in [-0.2, 0) is 0 Å². The largest absolute Gasteiger partial charge is 0.335 e. The second kappa shape index (κ2) is 8.56. The summed E-state index contributed by atoms with van der Waals surface area (Å²) < 4.78 is 0. The van der Waals surface area contributed by atoms with Gasteiger partial charge in [-0.15, -0.1) is 11.3 Å². The molecule has 0 radical (unpaired) electrons. The molecular formula is C23H22N4OS. The Morgan fingerprint density at radius 1 is 1.03 bits per heavy atom. The van der Waals surface area contributed by atoms with Gasteiger partial charge < -0.3 is 4.90 Å². The molecule has 1 atom stereocenters. The predicted octanol–water partition coefficient (Wildman–Crippen LogP) is 4.14. The maximum atomic E-state index is 13.2. The van der Waals surface area contributed by atoms with E-state index < -0.39 is 0 Å². The molecule has 0 saturated carbocycles. The molecule has 5 nitrogen and oxygen atoms in total. The first kappa shape index (κ1) is 19.3. The number of rotatable bonds is 4. The summed E-state index contributed by atoms with van der Waals surface area (Å²) in [5.41, 5.74) is 2.73. The molecule has 1 fully saturated rings. The second-order valence-electron chi connectivity index (χ2n) is 7.05. The third kappa shape index (κ3) is 4.07. The van der Waals surface area contributed by atoms with Crippen molar-refractivity contribution in [1.82, 2.24) is 14.8 Å². The molecule has 2 aromatic carbocycles. The number of carbonyl (C=O) groups excluding carboxylic acids is 1. The molecule has 0 bridgehead atoms. The fraction of sp³-hybridized carbons (Fsp3) is 0.261. The quantitative estimate of drug-likeness (QED) is 0.658. The van der Waals surface area contributed by atoms with Gasteiger partial charge in [-0.2, -0.15) is 5.26 Å². The fourth-order valence-corrected chi connectivity index (χ4v) is 4.60. The number of piperazine rings is 1. The smallest absolute Gasteiger partial charge is 0.266 e. The van der Waals surface area contributed by atoms with E-state index in [-0.39, 0.29) is 11.9 Å². The number of nitrogens with zero attached hydrogens (tertiary/aromatic N) is 4. The Kier molecular flexibility index (Phi) is 5.70. The van der Waals surface area contributed by atoms with E-state index in [4.69, 9.17) is 0 Å². The number of thiazole rings is 1. The number of hydrogen-bond donors (Lipinski definition) is 0. The van der Waals surface area contributed by atoms with Crippen molar-refractivity contribution in [2.45, 2.75) is 13.0 Å². The van der Waals surface area contributed by atoms with E-state index >= 15 is 0 Å². The Labute approximate surface area is 174 Å². The number of benzene rings is 2. The normalized spacial score (nSPS) is 15.7. The van der Waals surface area contributed by atoms with E-state index in [9.17, 15) is 10.1 Å². The molecule has 6 heteroatoms. The van der Waals surface area contributed by atoms with Crippen molar-refractivity contribution in [3.05, 3.63) is 76.1 Å². The van der Waals surface area contributed by atoms with Crippen molar-refractivity contribution >= 4 is 17.2 Å². The van der Waals surface area contributed by atoms with E-state index in [1.54, 1.807) is 0 Å². The maximum Gasteiger partial charge on any atom is 0.266 e. The van der Waals surface area contributed by atoms with Crippen LogP contribution in [0.2, 0.25) is 0 Å². The van der Waals surface area contributed by atoms with Crippen molar-refractivity contribution < 1.29 is 4.79 Å². The zero-order chi connectivity index (χ0) is 20.2. The topological polar surface area (TPSA) is 60.2 Å². The Hall–Kier alpha value is -3.01. The monoisotopic (exact) mass is 402 g/mol. The van der Waals surface area contributed by atoms with Gasteiger partial charge >= 0.3 is 0 Å². The minimum absolute atomic E-state index is 0.0299. The number of nitriles is 1. The third-order valence-electron chi connectivity index (χ3n) is 5.18. The van der Waals surface area contributed by atoms with Crippen LogP contribution in [0.15, 0.2) is 60.7 Å². The Morgan fingerprint density at radius 3 is 2.28 bits per heavy atom. The van der Waals surface area contributed by atoms with Crippen molar-refractivity contribution in [2.75, 3.05) is 26.2 Å². The first-order chi connectivity index (χ1) is 14.2. The van der Waals surface area contributed by atoms with Crippen LogP contribution in [0.4, 0.5) is 0 Å². The Bertz CT molecular complexity index is 1020. The lowest BCUT2D eigenvalue weighted by atomic mass is 10.1. The second-order valence-corrected chi connectivity index (χ2v) is 8.25. The van der Waals surface area contributed by atoms with Gasteiger partial charge in [0.2, 0.25) is 0 Å². The molecule has 0 N–H and O–H groups in total. The molecule has 3 aromatic rings. The molecule has 1 amide bonds. The first-order valence-corrected chi connectivity index (χ1v) is 10.5. The Balaban J connectivity index is 1.49. The number of amides is 1. The van der Waals surface area contributed by atoms with E-state index in [0.29, 0.717) is 31.1 Å². The molecule has 1 saturated heterocycles. The van der Waals surface area contributed by atoms with Gasteiger partial charge in [-0.1, -0.05) is 60.7 Å². The highest BCUT2D eigenvalue weighted by Gasteiger charge is 2.29. The zero-order valence-electron chi connectivity index (χ0n) is 16.3. The van der Waals surface area contributed by atoms with E-state index in [1.165, 1.54) is 11.3 Å². The van der Waals surface area contributed by atoms with Gasteiger partial charge in [0.15, 0.2) is 0 Å². The van der Waals surface area contributed by atoms with Crippen LogP contribution in [0.25, 0.3) is 11.3 Å². The summed E-state index contributed by atoms with van der Waals surface area (Å²) in [7, 11) is 0. The number of hydrogen-bond acceptors (Lipinski definition) is 5. The minimum Gasteiger partial charge on any atom is -0.335 e. The van der Waals surface area contributed by atoms with Gasteiger partial charge in [0.05, 0.1) is 16.8 Å². The molecule has 1 aromatic heterocycles. The van der Waals surface area contributed by atoms with Gasteiger partial charge in [0, 0.05) is 31.7 Å². The van der Waals surface area contributed by atoms with Crippen LogP contribution >= 0.6 is 11.3 Å². The average molecular weight is 403 g/mol. The standard InChI is InChI=1S/C23H22N4OS/c1-17-25-21(19-10-6-3-7-11-19)22(29-17)23(28)27-14-12-26(13-15-27)20(16-24)18-8-4-2-5-9-18/h2-11,20H,12-15H2,1H3. The third-order valence-corrected chi connectivity index (χ3v) is 6.14. The molecule has 1 aliphatic rings. The summed E-state index contributed by atoms with van der Waals surface area (Å²) in [5, 5.41) is 10.6. The maximum absolute atomic E-state index is 13.2. The summed E-state index contributed by atoms with van der Waals surface area (Å²) in [4.78, 5) is 22.6. The minimum atomic E-state index is -0.279. The van der Waals surface area contributed by atoms with Crippen LogP contribution in [0.1, 0.15) is 26.3 Å². The van der Waals surface area contributed by atoms with Crippen LogP contribution in [-0.4, -0.2) is 46.9 Å². The Morgan fingerprint density at radius 2 is 1.66 bits per heavy atom. The molecular weight excluding hydrogens is 380 g/mol. The van der Waals surface area contributed by atoms with E-state index in [1.807, 2.05) is 72.5 Å². The summed E-state index contributed by atoms with van der Waals surface area (Å²) in [5.74, 6) is 0.0299. The van der Waals surface area contributed by atoms with Crippen molar-refractivity contribution in [3.63, 3.8) is 0 Å². The van der Waals surface area contributed by atoms with Gasteiger partial charge in [-0.25, -0.2) is 4.98 Å². The van der Waals surface area contributed by atoms with Gasteiger partial charge in [0.25, 0.3) is 5.91 Å². The lowest BCUT2D eigenvalue weighted by Crippen LogP contribution is -2.49. The lowest BCUT2D eigenvalue weighted by molar-refractivity contribution is 0.0611. The van der Waals surface area contributed by atoms with Gasteiger partial charge in [-0.05, 0) is 12.5 Å². The summed E-state index contributed by atoms with van der Waals surface area (Å²) >= 11 is 1.45. The summed E-state index contributed by atoms with van der Waals surface area (Å²) in [6.45, 7) is 4.50. The van der Waals surface area contributed by atoms with Gasteiger partial charge in [-0.3, -0.25) is 9.69 Å². The van der Waals surface area contributed by atoms with Crippen LogP contribution in [0, 0.1) is 18.3 Å². The fourth-order valence-electron chi connectivity index (χ4n) is 3.69.